The molecule has 0 amide bonds. The number of ketones is 1. The van der Waals surface area contributed by atoms with Crippen LogP contribution < -0.4 is 0 Å². The van der Waals surface area contributed by atoms with Gasteiger partial charge in [0.2, 0.25) is 0 Å². The van der Waals surface area contributed by atoms with Crippen molar-refractivity contribution >= 4 is 5.78 Å². The lowest BCUT2D eigenvalue weighted by atomic mass is 9.44. The Balaban J connectivity index is 1.73. The van der Waals surface area contributed by atoms with Crippen molar-refractivity contribution in [1.29, 1.82) is 0 Å². The number of fused-ring (bicyclic) bond motifs is 5. The van der Waals surface area contributed by atoms with E-state index in [1.54, 1.807) is 0 Å². The third kappa shape index (κ3) is 1.79. The van der Waals surface area contributed by atoms with Crippen molar-refractivity contribution in [2.45, 2.75) is 65.4 Å². The van der Waals surface area contributed by atoms with Crippen LogP contribution in [0.2, 0.25) is 0 Å². The minimum absolute atomic E-state index is 0.0312. The Morgan fingerprint density at radius 1 is 1.18 bits per heavy atom. The van der Waals surface area contributed by atoms with Crippen LogP contribution in [-0.4, -0.2) is 17.0 Å². The first-order valence-corrected chi connectivity index (χ1v) is 9.27. The molecule has 3 fully saturated rings. The zero-order valence-electron chi connectivity index (χ0n) is 14.2. The second kappa shape index (κ2) is 4.69. The zero-order valence-corrected chi connectivity index (χ0v) is 14.2. The van der Waals surface area contributed by atoms with Gasteiger partial charge < -0.3 is 5.11 Å². The average Bonchev–Trinajstić information content (AvgIpc) is 2.77. The highest BCUT2D eigenvalue weighted by Crippen LogP contribution is 2.65. The van der Waals surface area contributed by atoms with Gasteiger partial charge in [-0.2, -0.15) is 0 Å². The van der Waals surface area contributed by atoms with E-state index in [4.69, 9.17) is 0 Å². The highest BCUT2D eigenvalue weighted by Gasteiger charge is 2.61. The van der Waals surface area contributed by atoms with Crippen LogP contribution in [0, 0.1) is 40.4 Å². The maximum atomic E-state index is 12.5. The lowest BCUT2D eigenvalue weighted by Gasteiger charge is -2.60. The summed E-state index contributed by atoms with van der Waals surface area (Å²) >= 11 is 0. The van der Waals surface area contributed by atoms with E-state index in [-0.39, 0.29) is 16.9 Å². The Hall–Kier alpha value is -0.630. The van der Waals surface area contributed by atoms with Crippen molar-refractivity contribution in [2.24, 2.45) is 40.4 Å². The van der Waals surface area contributed by atoms with Gasteiger partial charge >= 0.3 is 0 Å². The summed E-state index contributed by atoms with van der Waals surface area (Å²) in [6.45, 7) is 7.10. The standard InChI is InChI=1S/C20H30O2/c1-12-10-13-11-14(21)6-8-19(13,2)16-7-9-20(3)15(18(12)16)4-5-17(20)22/h6,8,12-16,18,21H,4-5,7,9-11H2,1-3H3/t12?,13?,14?,15-,16+,18-,19-,20-/m0/s1. The number of carbonyl (C=O) groups is 1. The summed E-state index contributed by atoms with van der Waals surface area (Å²) in [5.74, 6) is 3.85. The van der Waals surface area contributed by atoms with E-state index in [1.807, 2.05) is 6.08 Å². The highest BCUT2D eigenvalue weighted by atomic mass is 16.3. The van der Waals surface area contributed by atoms with Crippen molar-refractivity contribution in [1.82, 2.24) is 0 Å². The van der Waals surface area contributed by atoms with Gasteiger partial charge in [0.15, 0.2) is 0 Å². The van der Waals surface area contributed by atoms with Crippen molar-refractivity contribution < 1.29 is 9.90 Å². The van der Waals surface area contributed by atoms with Gasteiger partial charge in [-0.25, -0.2) is 0 Å². The summed E-state index contributed by atoms with van der Waals surface area (Å²) in [4.78, 5) is 12.5. The fraction of sp³-hybridized carbons (Fsp3) is 0.850. The molecule has 0 aliphatic heterocycles. The Morgan fingerprint density at radius 3 is 2.73 bits per heavy atom. The normalized spacial score (nSPS) is 57.2. The second-order valence-corrected chi connectivity index (χ2v) is 9.15. The molecule has 0 heterocycles. The summed E-state index contributed by atoms with van der Waals surface area (Å²) in [5, 5.41) is 10.0. The van der Waals surface area contributed by atoms with E-state index in [0.717, 1.165) is 25.7 Å². The molecule has 0 aromatic heterocycles. The summed E-state index contributed by atoms with van der Waals surface area (Å²) in [5.41, 5.74) is 0.208. The fourth-order valence-corrected chi connectivity index (χ4v) is 6.95. The van der Waals surface area contributed by atoms with Crippen LogP contribution in [-0.2, 0) is 4.79 Å². The van der Waals surface area contributed by atoms with E-state index in [0.29, 0.717) is 35.4 Å². The number of Topliss-reactive ketones (excluding diaryl/α,β-unsaturated/α-hetero) is 1. The summed E-state index contributed by atoms with van der Waals surface area (Å²) < 4.78 is 0. The van der Waals surface area contributed by atoms with Gasteiger partial charge in [-0.1, -0.05) is 32.9 Å². The minimum atomic E-state index is -0.247. The molecule has 0 aromatic carbocycles. The van der Waals surface area contributed by atoms with Crippen molar-refractivity contribution in [3.05, 3.63) is 12.2 Å². The summed E-state index contributed by atoms with van der Waals surface area (Å²) in [7, 11) is 0. The van der Waals surface area contributed by atoms with Gasteiger partial charge in [0.05, 0.1) is 6.10 Å². The van der Waals surface area contributed by atoms with Crippen LogP contribution in [0.25, 0.3) is 0 Å². The second-order valence-electron chi connectivity index (χ2n) is 9.15. The van der Waals surface area contributed by atoms with E-state index in [1.165, 1.54) is 12.8 Å². The van der Waals surface area contributed by atoms with Crippen LogP contribution >= 0.6 is 0 Å². The van der Waals surface area contributed by atoms with Crippen molar-refractivity contribution in [3.8, 4) is 0 Å². The van der Waals surface area contributed by atoms with Crippen molar-refractivity contribution in [2.75, 3.05) is 0 Å². The Labute approximate surface area is 134 Å². The van der Waals surface area contributed by atoms with Crippen molar-refractivity contribution in [3.63, 3.8) is 0 Å². The smallest absolute Gasteiger partial charge is 0.139 e. The number of rotatable bonds is 0. The third-order valence-corrected chi connectivity index (χ3v) is 8.24. The molecule has 1 N–H and O–H groups in total. The molecule has 0 spiro atoms. The molecule has 3 unspecified atom stereocenters. The number of hydrogen-bond donors (Lipinski definition) is 1. The molecule has 0 saturated heterocycles. The van der Waals surface area contributed by atoms with Crippen LogP contribution in [0.1, 0.15) is 59.3 Å². The Bertz CT molecular complexity index is 524. The first-order valence-electron chi connectivity index (χ1n) is 9.27. The monoisotopic (exact) mass is 302 g/mol. The lowest BCUT2D eigenvalue weighted by Crippen LogP contribution is -2.55. The molecule has 0 bridgehead atoms. The molecule has 0 radical (unpaired) electrons. The molecule has 8 atom stereocenters. The predicted molar refractivity (Wildman–Crippen MR) is 87.2 cm³/mol. The van der Waals surface area contributed by atoms with Gasteiger partial charge in [0.1, 0.15) is 5.78 Å². The predicted octanol–water partition coefficient (Wildman–Crippen LogP) is 3.98. The lowest BCUT2D eigenvalue weighted by molar-refractivity contribution is -0.139. The van der Waals surface area contributed by atoms with Crippen LogP contribution in [0.3, 0.4) is 0 Å². The third-order valence-electron chi connectivity index (χ3n) is 8.24. The highest BCUT2D eigenvalue weighted by molar-refractivity contribution is 5.87. The minimum Gasteiger partial charge on any atom is -0.389 e. The first kappa shape index (κ1) is 14.9. The van der Waals surface area contributed by atoms with Gasteiger partial charge in [-0.3, -0.25) is 4.79 Å². The molecule has 4 aliphatic carbocycles. The molecule has 0 aromatic rings. The maximum absolute atomic E-state index is 12.5. The van der Waals surface area contributed by atoms with E-state index >= 15 is 0 Å². The Morgan fingerprint density at radius 2 is 1.95 bits per heavy atom. The molecule has 2 heteroatoms. The molecular formula is C20H30O2. The van der Waals surface area contributed by atoms with Crippen LogP contribution in [0.15, 0.2) is 12.2 Å². The molecular weight excluding hydrogens is 272 g/mol. The zero-order chi connectivity index (χ0) is 15.7. The molecule has 122 valence electrons. The number of aliphatic hydroxyl groups is 1. The summed E-state index contributed by atoms with van der Waals surface area (Å²) in [6.07, 6.45) is 10.5. The van der Waals surface area contributed by atoms with Gasteiger partial charge in [-0.15, -0.1) is 0 Å². The van der Waals surface area contributed by atoms with Gasteiger partial charge in [0.25, 0.3) is 0 Å². The number of carbonyl (C=O) groups excluding carboxylic acids is 1. The molecule has 2 nitrogen and oxygen atoms in total. The van der Waals surface area contributed by atoms with Gasteiger partial charge in [-0.05, 0) is 67.1 Å². The quantitative estimate of drug-likeness (QED) is 0.687. The summed E-state index contributed by atoms with van der Waals surface area (Å²) in [6, 6.07) is 0. The number of allylic oxidation sites excluding steroid dienone is 1. The molecule has 4 rings (SSSR count). The number of hydrogen-bond acceptors (Lipinski definition) is 2. The van der Waals surface area contributed by atoms with E-state index < -0.39 is 0 Å². The topological polar surface area (TPSA) is 37.3 Å². The van der Waals surface area contributed by atoms with E-state index in [9.17, 15) is 9.90 Å². The molecule has 3 saturated carbocycles. The SMILES string of the molecule is CC1CC2CC(O)C=C[C@]2(C)[C@@H]2CC[C@]3(C)C(=O)CC[C@H]3[C@H]12. The average molecular weight is 302 g/mol. The number of aliphatic hydroxyl groups excluding tert-OH is 1. The largest absolute Gasteiger partial charge is 0.389 e. The maximum Gasteiger partial charge on any atom is 0.139 e. The molecule has 4 aliphatic rings. The van der Waals surface area contributed by atoms with E-state index in [2.05, 4.69) is 26.8 Å². The molecule has 22 heavy (non-hydrogen) atoms. The fourth-order valence-electron chi connectivity index (χ4n) is 6.95. The van der Waals surface area contributed by atoms with Gasteiger partial charge in [0, 0.05) is 11.8 Å². The Kier molecular flexibility index (Phi) is 3.18. The van der Waals surface area contributed by atoms with Crippen LogP contribution in [0.4, 0.5) is 0 Å². The first-order chi connectivity index (χ1) is 10.4. The van der Waals surface area contributed by atoms with Crippen LogP contribution in [0.5, 0.6) is 0 Å².